The number of ether oxygens (including phenoxy) is 3. The van der Waals surface area contributed by atoms with Crippen LogP contribution in [0.2, 0.25) is 0 Å². The molecule has 2 aromatic heterocycles. The molecule has 0 bridgehead atoms. The molecule has 3 aliphatic heterocycles. The third-order valence-electron chi connectivity index (χ3n) is 12.6. The van der Waals surface area contributed by atoms with Crippen molar-refractivity contribution in [3.63, 3.8) is 0 Å². The summed E-state index contributed by atoms with van der Waals surface area (Å²) in [6.45, 7) is 17.0. The largest absolute Gasteiger partial charge is 0.487 e. The highest BCUT2D eigenvalue weighted by molar-refractivity contribution is 5.68. The summed E-state index contributed by atoms with van der Waals surface area (Å²) in [6.07, 6.45) is 8.26. The molecule has 0 radical (unpaired) electrons. The molecule has 1 saturated heterocycles. The Hall–Kier alpha value is -6.74. The van der Waals surface area contributed by atoms with Crippen molar-refractivity contribution in [2.75, 3.05) is 17.2 Å². The smallest absolute Gasteiger partial charge is 0.278 e. The number of aromatic amines is 1. The lowest BCUT2D eigenvalue weighted by Crippen LogP contribution is -2.25. The molecule has 0 spiro atoms. The van der Waals surface area contributed by atoms with E-state index in [0.717, 1.165) is 93.5 Å². The lowest BCUT2D eigenvalue weighted by Gasteiger charge is -2.22. The highest BCUT2D eigenvalue weighted by atomic mass is 16.6. The van der Waals surface area contributed by atoms with E-state index in [2.05, 4.69) is 20.8 Å². The zero-order chi connectivity index (χ0) is 45.5. The topological polar surface area (TPSA) is 185 Å². The van der Waals surface area contributed by atoms with Gasteiger partial charge in [0.15, 0.2) is 0 Å². The molecule has 6 aromatic rings. The molecule has 1 atom stereocenters. The lowest BCUT2D eigenvalue weighted by atomic mass is 9.91. The minimum atomic E-state index is -0.378. The minimum absolute atomic E-state index is 0.0166. The van der Waals surface area contributed by atoms with Crippen molar-refractivity contribution < 1.29 is 24.1 Å². The molecule has 334 valence electrons. The second kappa shape index (κ2) is 17.4. The average molecular weight is 869 g/mol. The molecule has 64 heavy (non-hydrogen) atoms. The van der Waals surface area contributed by atoms with Crippen molar-refractivity contribution >= 4 is 22.7 Å². The van der Waals surface area contributed by atoms with Crippen LogP contribution in [0, 0.1) is 47.9 Å². The summed E-state index contributed by atoms with van der Waals surface area (Å²) in [5.74, 6) is 1.59. The fourth-order valence-corrected chi connectivity index (χ4v) is 9.07. The molecule has 3 N–H and O–H groups in total. The van der Waals surface area contributed by atoms with Gasteiger partial charge in [-0.3, -0.25) is 25.3 Å². The fraction of sp³-hybridized carbons (Fsp3) is 0.388. The SMILES string of the molecule is Cc1c(C)c([N+](=O)[O-])c(CNc2ccc(-c3ccn(C4CCCCO4)n3)cc2)c2c1OC(C)(C)C2.Cc1c(C)c([N+](=O)[O-])c(CNc2ccc(-c3ccn[nH]3)cc2)c2c1OC(C)(C)C2. The molecule has 1 fully saturated rings. The third kappa shape index (κ3) is 8.89. The number of nitrogens with zero attached hydrogens (tertiary/aromatic N) is 5. The fourth-order valence-electron chi connectivity index (χ4n) is 9.07. The molecule has 0 saturated carbocycles. The first-order chi connectivity index (χ1) is 30.5. The first-order valence-electron chi connectivity index (χ1n) is 21.8. The van der Waals surface area contributed by atoms with E-state index < -0.39 is 0 Å². The maximum Gasteiger partial charge on any atom is 0.278 e. The van der Waals surface area contributed by atoms with Gasteiger partial charge in [-0.05, 0) is 117 Å². The Labute approximate surface area is 372 Å². The Bertz CT molecular complexity index is 2700. The van der Waals surface area contributed by atoms with Gasteiger partial charge < -0.3 is 24.8 Å². The van der Waals surface area contributed by atoms with Crippen LogP contribution in [-0.2, 0) is 30.7 Å². The van der Waals surface area contributed by atoms with Gasteiger partial charge in [-0.1, -0.05) is 24.3 Å². The van der Waals surface area contributed by atoms with Crippen LogP contribution in [-0.4, -0.2) is 47.6 Å². The predicted octanol–water partition coefficient (Wildman–Crippen LogP) is 11.0. The summed E-state index contributed by atoms with van der Waals surface area (Å²) in [7, 11) is 0. The van der Waals surface area contributed by atoms with Gasteiger partial charge in [0.1, 0.15) is 28.9 Å². The monoisotopic (exact) mass is 868 g/mol. The normalized spacial score (nSPS) is 16.7. The van der Waals surface area contributed by atoms with Crippen LogP contribution in [0.25, 0.3) is 22.5 Å². The van der Waals surface area contributed by atoms with Crippen molar-refractivity contribution in [1.29, 1.82) is 0 Å². The molecule has 3 aliphatic rings. The summed E-state index contributed by atoms with van der Waals surface area (Å²) in [5, 5.41) is 42.2. The number of aromatic nitrogens is 4. The van der Waals surface area contributed by atoms with Crippen LogP contribution in [0.1, 0.15) is 97.7 Å². The number of fused-ring (bicyclic) bond motifs is 2. The van der Waals surface area contributed by atoms with Crippen LogP contribution in [0.4, 0.5) is 22.7 Å². The number of hydrogen-bond donors (Lipinski definition) is 3. The zero-order valence-corrected chi connectivity index (χ0v) is 37.8. The number of nitro groups is 2. The first kappa shape index (κ1) is 43.9. The molecular formula is C49H56N8O7. The Balaban J connectivity index is 0.000000178. The summed E-state index contributed by atoms with van der Waals surface area (Å²) >= 11 is 0. The van der Waals surface area contributed by atoms with E-state index in [1.54, 1.807) is 20.0 Å². The van der Waals surface area contributed by atoms with E-state index in [0.29, 0.717) is 48.2 Å². The van der Waals surface area contributed by atoms with E-state index in [-0.39, 0.29) is 38.7 Å². The van der Waals surface area contributed by atoms with Crippen LogP contribution < -0.4 is 20.1 Å². The highest BCUT2D eigenvalue weighted by Gasteiger charge is 2.39. The third-order valence-corrected chi connectivity index (χ3v) is 12.6. The molecule has 0 aliphatic carbocycles. The van der Waals surface area contributed by atoms with Gasteiger partial charge in [0, 0.05) is 95.3 Å². The number of nitro benzene ring substituents is 2. The van der Waals surface area contributed by atoms with E-state index >= 15 is 0 Å². The van der Waals surface area contributed by atoms with Gasteiger partial charge in [0.2, 0.25) is 0 Å². The van der Waals surface area contributed by atoms with Crippen molar-refractivity contribution in [2.45, 2.75) is 118 Å². The molecule has 0 amide bonds. The number of hydrogen-bond acceptors (Lipinski definition) is 11. The second-order valence-electron chi connectivity index (χ2n) is 18.2. The summed E-state index contributed by atoms with van der Waals surface area (Å²) < 4.78 is 20.0. The summed E-state index contributed by atoms with van der Waals surface area (Å²) in [6, 6.07) is 19.8. The predicted molar refractivity (Wildman–Crippen MR) is 247 cm³/mol. The standard InChI is InChI=1S/C27H32N4O4.C22H24N4O3/c1-17-18(2)26-21(15-27(3,4)35-26)22(25(17)31(32)33)16-28-20-10-8-19(9-11-20)23-12-13-30(29-23)24-7-5-6-14-34-24;1-13-14(2)21-17(11-22(3,4)29-21)18(20(13)26(27)28)12-23-16-7-5-15(6-8-16)19-9-10-24-25-19/h8-13,24,28H,5-7,14-16H2,1-4H3;5-10,23H,11-12H2,1-4H3,(H,24,25). The van der Waals surface area contributed by atoms with Gasteiger partial charge >= 0.3 is 0 Å². The van der Waals surface area contributed by atoms with Crippen molar-refractivity contribution in [3.05, 3.63) is 138 Å². The first-order valence-corrected chi connectivity index (χ1v) is 21.8. The Morgan fingerprint density at radius 2 is 1.23 bits per heavy atom. The van der Waals surface area contributed by atoms with Gasteiger partial charge in [-0.2, -0.15) is 10.2 Å². The molecule has 15 heteroatoms. The maximum atomic E-state index is 12.0. The maximum absolute atomic E-state index is 12.0. The molecule has 9 rings (SSSR count). The average Bonchev–Trinajstić information content (AvgIpc) is 4.10. The Morgan fingerprint density at radius 3 is 1.69 bits per heavy atom. The van der Waals surface area contributed by atoms with Crippen LogP contribution >= 0.6 is 0 Å². The van der Waals surface area contributed by atoms with Crippen molar-refractivity contribution in [3.8, 4) is 34.0 Å². The van der Waals surface area contributed by atoms with E-state index in [4.69, 9.17) is 19.3 Å². The minimum Gasteiger partial charge on any atom is -0.487 e. The molecular weight excluding hydrogens is 813 g/mol. The van der Waals surface area contributed by atoms with E-state index in [1.807, 2.05) is 113 Å². The van der Waals surface area contributed by atoms with Crippen molar-refractivity contribution in [1.82, 2.24) is 20.0 Å². The number of benzene rings is 4. The van der Waals surface area contributed by atoms with Crippen LogP contribution in [0.5, 0.6) is 11.5 Å². The van der Waals surface area contributed by atoms with E-state index in [1.165, 1.54) is 0 Å². The second-order valence-corrected chi connectivity index (χ2v) is 18.2. The highest BCUT2D eigenvalue weighted by Crippen LogP contribution is 2.47. The number of nitrogens with one attached hydrogen (secondary N) is 3. The number of anilines is 2. The van der Waals surface area contributed by atoms with Crippen molar-refractivity contribution in [2.24, 2.45) is 0 Å². The van der Waals surface area contributed by atoms with Gasteiger partial charge in [-0.25, -0.2) is 4.68 Å². The Morgan fingerprint density at radius 1 is 0.719 bits per heavy atom. The van der Waals surface area contributed by atoms with Crippen LogP contribution in [0.15, 0.2) is 73.1 Å². The molecule has 4 aromatic carbocycles. The number of rotatable bonds is 11. The summed E-state index contributed by atoms with van der Waals surface area (Å²) in [4.78, 5) is 23.3. The lowest BCUT2D eigenvalue weighted by molar-refractivity contribution is -0.386. The zero-order valence-electron chi connectivity index (χ0n) is 37.8. The van der Waals surface area contributed by atoms with Gasteiger partial charge in [-0.15, -0.1) is 0 Å². The molecule has 1 unspecified atom stereocenters. The van der Waals surface area contributed by atoms with Gasteiger partial charge in [0.05, 0.1) is 32.4 Å². The number of H-pyrrole nitrogens is 1. The summed E-state index contributed by atoms with van der Waals surface area (Å²) in [5.41, 5.74) is 11.6. The molecule has 15 nitrogen and oxygen atoms in total. The van der Waals surface area contributed by atoms with Gasteiger partial charge in [0.25, 0.3) is 11.4 Å². The quantitative estimate of drug-likeness (QED) is 0.0831. The molecule has 5 heterocycles. The van der Waals surface area contributed by atoms with Crippen LogP contribution in [0.3, 0.4) is 0 Å². The van der Waals surface area contributed by atoms with E-state index in [9.17, 15) is 20.2 Å². The Kier molecular flexibility index (Phi) is 12.0.